The Labute approximate surface area is 122 Å². The summed E-state index contributed by atoms with van der Waals surface area (Å²) in [6.07, 6.45) is 4.48. The second-order valence-corrected chi connectivity index (χ2v) is 5.20. The van der Waals surface area contributed by atoms with Crippen molar-refractivity contribution in [2.45, 2.75) is 31.8 Å². The number of urea groups is 1. The molecule has 0 radical (unpaired) electrons. The molecule has 3 rings (SSSR count). The van der Waals surface area contributed by atoms with Gasteiger partial charge in [0.1, 0.15) is 11.6 Å². The highest BCUT2D eigenvalue weighted by Crippen LogP contribution is 2.30. The summed E-state index contributed by atoms with van der Waals surface area (Å²) >= 11 is 0. The lowest BCUT2D eigenvalue weighted by Gasteiger charge is -2.22. The molecule has 0 bridgehead atoms. The van der Waals surface area contributed by atoms with Crippen LogP contribution in [0, 0.1) is 5.82 Å². The number of benzene rings is 1. The molecular weight excluding hydrogens is 271 g/mol. The molecule has 1 heterocycles. The number of aryl methyl sites for hydroxylation is 1. The number of halogens is 1. The van der Waals surface area contributed by atoms with Gasteiger partial charge < -0.3 is 15.1 Å². The number of nitrogens with one attached hydrogen (secondary N) is 2. The fourth-order valence-corrected chi connectivity index (χ4v) is 2.67. The summed E-state index contributed by atoms with van der Waals surface area (Å²) in [7, 11) is 0. The second-order valence-electron chi connectivity index (χ2n) is 5.20. The van der Waals surface area contributed by atoms with E-state index in [0.717, 1.165) is 36.1 Å². The molecule has 5 heteroatoms. The molecule has 1 aromatic carbocycles. The smallest absolute Gasteiger partial charge is 0.315 e. The monoisotopic (exact) mass is 288 g/mol. The van der Waals surface area contributed by atoms with Crippen molar-refractivity contribution in [3.63, 3.8) is 0 Å². The Morgan fingerprint density at radius 3 is 3.14 bits per heavy atom. The van der Waals surface area contributed by atoms with E-state index in [2.05, 4.69) is 10.6 Å². The largest absolute Gasteiger partial charge is 0.469 e. The average Bonchev–Trinajstić information content (AvgIpc) is 2.95. The molecule has 1 atom stereocenters. The van der Waals surface area contributed by atoms with Crippen LogP contribution in [0.25, 0.3) is 0 Å². The minimum absolute atomic E-state index is 0.0139. The highest BCUT2D eigenvalue weighted by Gasteiger charge is 2.23. The van der Waals surface area contributed by atoms with Gasteiger partial charge in [0.2, 0.25) is 0 Å². The van der Waals surface area contributed by atoms with E-state index in [-0.39, 0.29) is 17.9 Å². The van der Waals surface area contributed by atoms with Crippen LogP contribution in [0.15, 0.2) is 41.0 Å². The first-order valence-corrected chi connectivity index (χ1v) is 7.07. The predicted molar refractivity (Wildman–Crippen MR) is 76.2 cm³/mol. The highest BCUT2D eigenvalue weighted by molar-refractivity contribution is 5.74. The van der Waals surface area contributed by atoms with Gasteiger partial charge in [0.15, 0.2) is 0 Å². The van der Waals surface area contributed by atoms with Crippen molar-refractivity contribution in [2.75, 3.05) is 0 Å². The minimum atomic E-state index is -0.301. The molecule has 110 valence electrons. The van der Waals surface area contributed by atoms with E-state index in [4.69, 9.17) is 4.42 Å². The Balaban J connectivity index is 1.56. The Kier molecular flexibility index (Phi) is 3.90. The third-order valence-electron chi connectivity index (χ3n) is 3.70. The second kappa shape index (κ2) is 5.99. The molecule has 21 heavy (non-hydrogen) atoms. The molecule has 1 aliphatic carbocycles. The average molecular weight is 288 g/mol. The molecule has 1 aromatic heterocycles. The zero-order valence-electron chi connectivity index (χ0n) is 11.6. The summed E-state index contributed by atoms with van der Waals surface area (Å²) in [6, 6.07) is 7.84. The third-order valence-corrected chi connectivity index (χ3v) is 3.70. The first kappa shape index (κ1) is 13.7. The number of hydrogen-bond donors (Lipinski definition) is 2. The van der Waals surface area contributed by atoms with Gasteiger partial charge in [-0.1, -0.05) is 12.1 Å². The summed E-state index contributed by atoms with van der Waals surface area (Å²) in [4.78, 5) is 12.0. The summed E-state index contributed by atoms with van der Waals surface area (Å²) in [5.74, 6) is 0.654. The molecule has 0 saturated heterocycles. The SMILES string of the molecule is O=C(NCc1cccc(F)c1)NC1CCCc2occc21. The van der Waals surface area contributed by atoms with Crippen molar-refractivity contribution in [3.05, 3.63) is 59.3 Å². The van der Waals surface area contributed by atoms with Crippen molar-refractivity contribution < 1.29 is 13.6 Å². The van der Waals surface area contributed by atoms with E-state index in [1.807, 2.05) is 6.07 Å². The lowest BCUT2D eigenvalue weighted by molar-refractivity contribution is 0.234. The van der Waals surface area contributed by atoms with Gasteiger partial charge in [-0.05, 0) is 36.6 Å². The zero-order valence-corrected chi connectivity index (χ0v) is 11.6. The number of furan rings is 1. The van der Waals surface area contributed by atoms with Crippen LogP contribution in [0.3, 0.4) is 0 Å². The lowest BCUT2D eigenvalue weighted by atomic mass is 9.93. The van der Waals surface area contributed by atoms with Gasteiger partial charge in [-0.2, -0.15) is 0 Å². The van der Waals surface area contributed by atoms with Crippen molar-refractivity contribution in [1.29, 1.82) is 0 Å². The van der Waals surface area contributed by atoms with Gasteiger partial charge >= 0.3 is 6.03 Å². The molecule has 0 saturated carbocycles. The minimum Gasteiger partial charge on any atom is -0.469 e. The van der Waals surface area contributed by atoms with Crippen LogP contribution in [0.4, 0.5) is 9.18 Å². The number of rotatable bonds is 3. The number of carbonyl (C=O) groups is 1. The molecular formula is C16H17FN2O2. The van der Waals surface area contributed by atoms with E-state index in [0.29, 0.717) is 6.54 Å². The first-order chi connectivity index (χ1) is 10.2. The van der Waals surface area contributed by atoms with Gasteiger partial charge in [0.05, 0.1) is 12.3 Å². The quantitative estimate of drug-likeness (QED) is 0.910. The summed E-state index contributed by atoms with van der Waals surface area (Å²) in [6.45, 7) is 0.300. The maximum Gasteiger partial charge on any atom is 0.315 e. The first-order valence-electron chi connectivity index (χ1n) is 7.07. The van der Waals surface area contributed by atoms with Gasteiger partial charge in [-0.3, -0.25) is 0 Å². The van der Waals surface area contributed by atoms with Crippen molar-refractivity contribution in [3.8, 4) is 0 Å². The van der Waals surface area contributed by atoms with Crippen LogP contribution in [0.2, 0.25) is 0 Å². The molecule has 0 aliphatic heterocycles. The number of hydrogen-bond acceptors (Lipinski definition) is 2. The number of amides is 2. The lowest BCUT2D eigenvalue weighted by Crippen LogP contribution is -2.38. The summed E-state index contributed by atoms with van der Waals surface area (Å²) in [5, 5.41) is 5.69. The van der Waals surface area contributed by atoms with Crippen molar-refractivity contribution in [2.24, 2.45) is 0 Å². The van der Waals surface area contributed by atoms with E-state index >= 15 is 0 Å². The topological polar surface area (TPSA) is 54.3 Å². The van der Waals surface area contributed by atoms with E-state index < -0.39 is 0 Å². The molecule has 2 amide bonds. The fraction of sp³-hybridized carbons (Fsp3) is 0.312. The molecule has 1 unspecified atom stereocenters. The van der Waals surface area contributed by atoms with Crippen LogP contribution in [-0.4, -0.2) is 6.03 Å². The highest BCUT2D eigenvalue weighted by atomic mass is 19.1. The summed E-state index contributed by atoms with van der Waals surface area (Å²) in [5.41, 5.74) is 1.79. The Bertz CT molecular complexity index is 639. The Morgan fingerprint density at radius 1 is 1.38 bits per heavy atom. The molecule has 0 fully saturated rings. The Hall–Kier alpha value is -2.30. The van der Waals surface area contributed by atoms with E-state index in [9.17, 15) is 9.18 Å². The van der Waals surface area contributed by atoms with Crippen LogP contribution in [-0.2, 0) is 13.0 Å². The molecule has 2 aromatic rings. The van der Waals surface area contributed by atoms with Gasteiger partial charge in [0.25, 0.3) is 0 Å². The molecule has 0 spiro atoms. The molecule has 1 aliphatic rings. The van der Waals surface area contributed by atoms with Crippen LogP contribution < -0.4 is 10.6 Å². The number of carbonyl (C=O) groups excluding carboxylic acids is 1. The van der Waals surface area contributed by atoms with E-state index in [1.165, 1.54) is 12.1 Å². The maximum absolute atomic E-state index is 13.1. The maximum atomic E-state index is 13.1. The third kappa shape index (κ3) is 3.24. The zero-order chi connectivity index (χ0) is 14.7. The van der Waals surface area contributed by atoms with Gasteiger partial charge in [-0.15, -0.1) is 0 Å². The molecule has 2 N–H and O–H groups in total. The Morgan fingerprint density at radius 2 is 2.29 bits per heavy atom. The van der Waals surface area contributed by atoms with Crippen LogP contribution in [0.1, 0.15) is 35.8 Å². The van der Waals surface area contributed by atoms with Gasteiger partial charge in [-0.25, -0.2) is 9.18 Å². The summed E-state index contributed by atoms with van der Waals surface area (Å²) < 4.78 is 18.5. The van der Waals surface area contributed by atoms with Crippen LogP contribution in [0.5, 0.6) is 0 Å². The molecule has 4 nitrogen and oxygen atoms in total. The predicted octanol–water partition coefficient (Wildman–Crippen LogP) is 3.30. The fourth-order valence-electron chi connectivity index (χ4n) is 2.67. The normalized spacial score (nSPS) is 17.1. The van der Waals surface area contributed by atoms with Gasteiger partial charge in [0, 0.05) is 18.5 Å². The number of fused-ring (bicyclic) bond motifs is 1. The van der Waals surface area contributed by atoms with Crippen molar-refractivity contribution in [1.82, 2.24) is 10.6 Å². The van der Waals surface area contributed by atoms with E-state index in [1.54, 1.807) is 18.4 Å². The van der Waals surface area contributed by atoms with Crippen LogP contribution >= 0.6 is 0 Å². The van der Waals surface area contributed by atoms with Crippen molar-refractivity contribution >= 4 is 6.03 Å². The standard InChI is InChI=1S/C16H17FN2O2/c17-12-4-1-3-11(9-12)10-18-16(20)19-14-5-2-6-15-13(14)7-8-21-15/h1,3-4,7-9,14H,2,5-6,10H2,(H2,18,19,20).